The Morgan fingerprint density at radius 1 is 1.35 bits per heavy atom. The van der Waals surface area contributed by atoms with Crippen LogP contribution in [0.25, 0.3) is 0 Å². The Labute approximate surface area is 109 Å². The summed E-state index contributed by atoms with van der Waals surface area (Å²) >= 11 is 1.92. The second-order valence-electron chi connectivity index (χ2n) is 5.86. The number of carbonyl (C=O) groups is 1. The molecule has 1 aliphatic rings. The molecule has 2 unspecified atom stereocenters. The lowest BCUT2D eigenvalue weighted by Gasteiger charge is -2.20. The van der Waals surface area contributed by atoms with Crippen LogP contribution in [0.3, 0.4) is 0 Å². The molecule has 3 nitrogen and oxygen atoms in total. The fraction of sp³-hybridized carbons (Fsp3) is 0.923. The van der Waals surface area contributed by atoms with E-state index in [9.17, 15) is 4.79 Å². The van der Waals surface area contributed by atoms with Gasteiger partial charge in [-0.15, -0.1) is 0 Å². The van der Waals surface area contributed by atoms with Gasteiger partial charge in [0.15, 0.2) is 0 Å². The summed E-state index contributed by atoms with van der Waals surface area (Å²) in [6, 6.07) is 0.412. The Hall–Kier alpha value is -0.220. The second-order valence-corrected chi connectivity index (χ2v) is 7.00. The molecule has 17 heavy (non-hydrogen) atoms. The maximum atomic E-state index is 11.7. The van der Waals surface area contributed by atoms with Gasteiger partial charge in [0.2, 0.25) is 5.91 Å². The van der Waals surface area contributed by atoms with Crippen molar-refractivity contribution < 1.29 is 4.79 Å². The molecule has 0 saturated heterocycles. The molecule has 0 heterocycles. The number of nitrogens with one attached hydrogen (secondary N) is 2. The highest BCUT2D eigenvalue weighted by Crippen LogP contribution is 2.28. The monoisotopic (exact) mass is 258 g/mol. The lowest BCUT2D eigenvalue weighted by atomic mass is 10.1. The van der Waals surface area contributed by atoms with Crippen LogP contribution in [0.5, 0.6) is 0 Å². The summed E-state index contributed by atoms with van der Waals surface area (Å²) in [6.45, 7) is 7.11. The van der Waals surface area contributed by atoms with E-state index in [0.29, 0.717) is 12.5 Å². The fourth-order valence-electron chi connectivity index (χ4n) is 2.14. The largest absolute Gasteiger partial charge is 0.353 e. The molecule has 1 fully saturated rings. The molecular weight excluding hydrogens is 232 g/mol. The first kappa shape index (κ1) is 14.8. The zero-order chi connectivity index (χ0) is 12.9. The number of hydrogen-bond donors (Lipinski definition) is 2. The molecule has 0 radical (unpaired) electrons. The first-order valence-electron chi connectivity index (χ1n) is 6.48. The van der Waals surface area contributed by atoms with E-state index in [1.54, 1.807) is 0 Å². The zero-order valence-corrected chi connectivity index (χ0v) is 12.3. The van der Waals surface area contributed by atoms with Gasteiger partial charge in [-0.3, -0.25) is 4.79 Å². The average molecular weight is 258 g/mol. The van der Waals surface area contributed by atoms with Gasteiger partial charge in [0, 0.05) is 29.8 Å². The van der Waals surface area contributed by atoms with Crippen molar-refractivity contribution in [1.82, 2.24) is 10.6 Å². The van der Waals surface area contributed by atoms with Gasteiger partial charge in [-0.2, -0.15) is 11.8 Å². The average Bonchev–Trinajstić information content (AvgIpc) is 2.63. The molecule has 4 heteroatoms. The highest BCUT2D eigenvalue weighted by Gasteiger charge is 2.24. The van der Waals surface area contributed by atoms with E-state index in [1.807, 2.05) is 11.8 Å². The van der Waals surface area contributed by atoms with E-state index in [4.69, 9.17) is 0 Å². The molecule has 0 aromatic carbocycles. The topological polar surface area (TPSA) is 41.1 Å². The van der Waals surface area contributed by atoms with Crippen LogP contribution < -0.4 is 10.6 Å². The lowest BCUT2D eigenvalue weighted by molar-refractivity contribution is -0.121. The Morgan fingerprint density at radius 3 is 2.59 bits per heavy atom. The SMILES string of the molecule is CSC1CCC(NC(=O)CCNC(C)(C)C)C1. The molecule has 1 aliphatic carbocycles. The van der Waals surface area contributed by atoms with Gasteiger partial charge in [0.25, 0.3) is 0 Å². The molecule has 2 N–H and O–H groups in total. The number of carbonyl (C=O) groups excluding carboxylic acids is 1. The number of amides is 1. The van der Waals surface area contributed by atoms with Gasteiger partial charge < -0.3 is 10.6 Å². The van der Waals surface area contributed by atoms with E-state index in [-0.39, 0.29) is 11.4 Å². The molecule has 2 atom stereocenters. The third kappa shape index (κ3) is 6.32. The fourth-order valence-corrected chi connectivity index (χ4v) is 2.93. The summed E-state index contributed by atoms with van der Waals surface area (Å²) < 4.78 is 0. The summed E-state index contributed by atoms with van der Waals surface area (Å²) in [5, 5.41) is 7.21. The van der Waals surface area contributed by atoms with Crippen LogP contribution in [0.2, 0.25) is 0 Å². The summed E-state index contributed by atoms with van der Waals surface area (Å²) in [5.41, 5.74) is 0.0948. The third-order valence-corrected chi connectivity index (χ3v) is 4.19. The smallest absolute Gasteiger partial charge is 0.221 e. The Morgan fingerprint density at radius 2 is 2.06 bits per heavy atom. The summed E-state index contributed by atoms with van der Waals surface area (Å²) in [5.74, 6) is 0.188. The molecular formula is C13H26N2OS. The Kier molecular flexibility index (Phi) is 5.80. The maximum Gasteiger partial charge on any atom is 0.221 e. The van der Waals surface area contributed by atoms with Crippen molar-refractivity contribution in [3.05, 3.63) is 0 Å². The van der Waals surface area contributed by atoms with E-state index >= 15 is 0 Å². The van der Waals surface area contributed by atoms with Gasteiger partial charge in [-0.1, -0.05) is 0 Å². The van der Waals surface area contributed by atoms with Crippen molar-refractivity contribution in [3.8, 4) is 0 Å². The molecule has 0 aliphatic heterocycles. The van der Waals surface area contributed by atoms with Crippen LogP contribution in [0.4, 0.5) is 0 Å². The van der Waals surface area contributed by atoms with Crippen LogP contribution in [0.1, 0.15) is 46.5 Å². The van der Waals surface area contributed by atoms with Crippen molar-refractivity contribution in [3.63, 3.8) is 0 Å². The third-order valence-electron chi connectivity index (χ3n) is 3.09. The van der Waals surface area contributed by atoms with Crippen LogP contribution in [0, 0.1) is 0 Å². The van der Waals surface area contributed by atoms with Crippen molar-refractivity contribution in [2.75, 3.05) is 12.8 Å². The zero-order valence-electron chi connectivity index (χ0n) is 11.5. The van der Waals surface area contributed by atoms with Crippen LogP contribution >= 0.6 is 11.8 Å². The molecule has 0 bridgehead atoms. The molecule has 0 aromatic heterocycles. The first-order chi connectivity index (χ1) is 7.90. The second kappa shape index (κ2) is 6.64. The van der Waals surface area contributed by atoms with E-state index in [1.165, 1.54) is 6.42 Å². The van der Waals surface area contributed by atoms with Crippen molar-refractivity contribution in [1.29, 1.82) is 0 Å². The molecule has 0 aromatic rings. The van der Waals surface area contributed by atoms with E-state index in [2.05, 4.69) is 37.7 Å². The van der Waals surface area contributed by atoms with E-state index < -0.39 is 0 Å². The first-order valence-corrected chi connectivity index (χ1v) is 7.76. The van der Waals surface area contributed by atoms with E-state index in [0.717, 1.165) is 24.6 Å². The lowest BCUT2D eigenvalue weighted by Crippen LogP contribution is -2.40. The summed E-state index contributed by atoms with van der Waals surface area (Å²) in [6.07, 6.45) is 6.26. The molecule has 1 amide bonds. The maximum absolute atomic E-state index is 11.7. The van der Waals surface area contributed by atoms with Crippen LogP contribution in [-0.2, 0) is 4.79 Å². The van der Waals surface area contributed by atoms with Crippen LogP contribution in [-0.4, -0.2) is 35.5 Å². The van der Waals surface area contributed by atoms with Gasteiger partial charge in [0.1, 0.15) is 0 Å². The molecule has 1 saturated carbocycles. The van der Waals surface area contributed by atoms with Gasteiger partial charge in [0.05, 0.1) is 0 Å². The normalized spacial score (nSPS) is 24.9. The predicted octanol–water partition coefficient (Wildman–Crippen LogP) is 2.16. The number of rotatable bonds is 5. The highest BCUT2D eigenvalue weighted by atomic mass is 32.2. The van der Waals surface area contributed by atoms with Crippen LogP contribution in [0.15, 0.2) is 0 Å². The molecule has 1 rings (SSSR count). The van der Waals surface area contributed by atoms with Crippen molar-refractivity contribution in [2.45, 2.75) is 63.3 Å². The number of hydrogen-bond acceptors (Lipinski definition) is 3. The summed E-state index contributed by atoms with van der Waals surface area (Å²) in [4.78, 5) is 11.7. The Balaban J connectivity index is 2.13. The van der Waals surface area contributed by atoms with Gasteiger partial charge in [-0.05, 0) is 46.3 Å². The Bertz CT molecular complexity index is 250. The van der Waals surface area contributed by atoms with Crippen molar-refractivity contribution in [2.24, 2.45) is 0 Å². The quantitative estimate of drug-likeness (QED) is 0.794. The minimum atomic E-state index is 0.0948. The molecule has 0 spiro atoms. The van der Waals surface area contributed by atoms with Crippen molar-refractivity contribution >= 4 is 17.7 Å². The van der Waals surface area contributed by atoms with Gasteiger partial charge >= 0.3 is 0 Å². The molecule has 100 valence electrons. The predicted molar refractivity (Wildman–Crippen MR) is 75.5 cm³/mol. The van der Waals surface area contributed by atoms with Gasteiger partial charge in [-0.25, -0.2) is 0 Å². The summed E-state index contributed by atoms with van der Waals surface area (Å²) in [7, 11) is 0. The standard InChI is InChI=1S/C13H26N2OS/c1-13(2,3)14-8-7-12(16)15-10-5-6-11(9-10)17-4/h10-11,14H,5-9H2,1-4H3,(H,15,16). The minimum absolute atomic E-state index is 0.0948. The number of thioether (sulfide) groups is 1. The minimum Gasteiger partial charge on any atom is -0.353 e. The highest BCUT2D eigenvalue weighted by molar-refractivity contribution is 7.99.